The molecule has 2 aromatic rings. The lowest BCUT2D eigenvalue weighted by Gasteiger charge is -2.32. The van der Waals surface area contributed by atoms with Crippen LogP contribution in [0.15, 0.2) is 53.4 Å². The monoisotopic (exact) mass is 401 g/mol. The summed E-state index contributed by atoms with van der Waals surface area (Å²) in [4.78, 5) is 14.9. The minimum atomic E-state index is -3.58. The Balaban J connectivity index is 1.61. The molecule has 1 heterocycles. The third-order valence-electron chi connectivity index (χ3n) is 5.09. The van der Waals surface area contributed by atoms with Crippen molar-refractivity contribution in [2.75, 3.05) is 25.0 Å². The number of nitrogens with zero attached hydrogens (tertiary/aromatic N) is 1. The van der Waals surface area contributed by atoms with Crippen molar-refractivity contribution in [2.45, 2.75) is 31.2 Å². The van der Waals surface area contributed by atoms with Crippen LogP contribution in [-0.2, 0) is 16.6 Å². The lowest BCUT2D eigenvalue weighted by Crippen LogP contribution is -2.34. The number of amides is 1. The first-order valence-corrected chi connectivity index (χ1v) is 11.0. The largest absolute Gasteiger partial charge is 0.371 e. The Morgan fingerprint density at radius 2 is 1.93 bits per heavy atom. The molecule has 7 heteroatoms. The van der Waals surface area contributed by atoms with Crippen LogP contribution in [0.4, 0.5) is 5.69 Å². The number of hydrogen-bond donors (Lipinski definition) is 2. The predicted molar refractivity (Wildman–Crippen MR) is 111 cm³/mol. The van der Waals surface area contributed by atoms with Crippen molar-refractivity contribution in [1.29, 1.82) is 0 Å². The van der Waals surface area contributed by atoms with E-state index in [1.165, 1.54) is 37.7 Å². The van der Waals surface area contributed by atoms with Gasteiger partial charge in [-0.25, -0.2) is 13.1 Å². The molecule has 150 valence electrons. The van der Waals surface area contributed by atoms with E-state index < -0.39 is 10.0 Å². The maximum absolute atomic E-state index is 12.4. The fourth-order valence-corrected chi connectivity index (χ4v) is 4.23. The summed E-state index contributed by atoms with van der Waals surface area (Å²) in [6.07, 6.45) is 2.51. The van der Waals surface area contributed by atoms with Crippen LogP contribution in [0, 0.1) is 5.92 Å². The molecule has 1 aliphatic heterocycles. The molecule has 6 nitrogen and oxygen atoms in total. The van der Waals surface area contributed by atoms with Crippen LogP contribution in [0.3, 0.4) is 0 Å². The minimum Gasteiger partial charge on any atom is -0.371 e. The Morgan fingerprint density at radius 3 is 2.61 bits per heavy atom. The summed E-state index contributed by atoms with van der Waals surface area (Å²) in [5.41, 5.74) is 2.53. The number of piperidine rings is 1. The van der Waals surface area contributed by atoms with Crippen molar-refractivity contribution in [3.8, 4) is 0 Å². The molecule has 0 aliphatic carbocycles. The average Bonchev–Trinajstić information content (AvgIpc) is 2.72. The lowest BCUT2D eigenvalue weighted by atomic mass is 9.99. The van der Waals surface area contributed by atoms with Crippen LogP contribution in [0.2, 0.25) is 0 Å². The number of rotatable bonds is 6. The van der Waals surface area contributed by atoms with Crippen molar-refractivity contribution < 1.29 is 13.2 Å². The van der Waals surface area contributed by atoms with Gasteiger partial charge in [0.1, 0.15) is 0 Å². The summed E-state index contributed by atoms with van der Waals surface area (Å²) >= 11 is 0. The predicted octanol–water partition coefficient (Wildman–Crippen LogP) is 2.76. The molecule has 0 saturated carbocycles. The summed E-state index contributed by atoms with van der Waals surface area (Å²) in [6, 6.07) is 14.2. The molecule has 1 amide bonds. The van der Waals surface area contributed by atoms with Crippen LogP contribution in [0.5, 0.6) is 0 Å². The summed E-state index contributed by atoms with van der Waals surface area (Å²) in [5.74, 6) is 0.414. The van der Waals surface area contributed by atoms with Gasteiger partial charge in [0.05, 0.1) is 4.90 Å². The van der Waals surface area contributed by atoms with E-state index in [1.807, 2.05) is 12.1 Å². The van der Waals surface area contributed by atoms with E-state index in [4.69, 9.17) is 0 Å². The molecule has 2 aromatic carbocycles. The SMILES string of the molecule is CNS(=O)(=O)c1cccc(C(=O)NCc2ccc(N3CCC[C@H](C)C3)cc2)c1. The quantitative estimate of drug-likeness (QED) is 0.780. The number of hydrogen-bond acceptors (Lipinski definition) is 4. The second-order valence-corrected chi connectivity index (χ2v) is 9.16. The van der Waals surface area contributed by atoms with Crippen molar-refractivity contribution in [1.82, 2.24) is 10.0 Å². The minimum absolute atomic E-state index is 0.0720. The van der Waals surface area contributed by atoms with E-state index >= 15 is 0 Å². The number of sulfonamides is 1. The standard InChI is InChI=1S/C21H27N3O3S/c1-16-5-4-12-24(15-16)19-10-8-17(9-11-19)14-23-21(25)18-6-3-7-20(13-18)28(26,27)22-2/h3,6-11,13,16,22H,4-5,12,14-15H2,1-2H3,(H,23,25)/t16-/m0/s1. The van der Waals surface area contributed by atoms with E-state index in [-0.39, 0.29) is 10.8 Å². The normalized spacial score (nSPS) is 17.4. The van der Waals surface area contributed by atoms with Gasteiger partial charge in [-0.05, 0) is 61.7 Å². The fourth-order valence-electron chi connectivity index (χ4n) is 3.46. The zero-order chi connectivity index (χ0) is 20.1. The first-order chi connectivity index (χ1) is 13.4. The molecule has 1 atom stereocenters. The first-order valence-electron chi connectivity index (χ1n) is 9.55. The molecule has 0 bridgehead atoms. The molecule has 1 aliphatic rings. The second-order valence-electron chi connectivity index (χ2n) is 7.28. The highest BCUT2D eigenvalue weighted by Gasteiger charge is 2.17. The maximum atomic E-state index is 12.4. The summed E-state index contributed by atoms with van der Waals surface area (Å²) in [7, 11) is -2.23. The van der Waals surface area contributed by atoms with Gasteiger partial charge < -0.3 is 10.2 Å². The maximum Gasteiger partial charge on any atom is 0.251 e. The number of nitrogens with one attached hydrogen (secondary N) is 2. The molecule has 0 spiro atoms. The zero-order valence-corrected chi connectivity index (χ0v) is 17.1. The van der Waals surface area contributed by atoms with Gasteiger partial charge in [-0.3, -0.25) is 4.79 Å². The number of anilines is 1. The van der Waals surface area contributed by atoms with Crippen LogP contribution in [-0.4, -0.2) is 34.5 Å². The van der Waals surface area contributed by atoms with Crippen molar-refractivity contribution >= 4 is 21.6 Å². The van der Waals surface area contributed by atoms with Crippen LogP contribution >= 0.6 is 0 Å². The van der Waals surface area contributed by atoms with Crippen molar-refractivity contribution in [3.05, 3.63) is 59.7 Å². The van der Waals surface area contributed by atoms with Crippen molar-refractivity contribution in [3.63, 3.8) is 0 Å². The fraction of sp³-hybridized carbons (Fsp3) is 0.381. The van der Waals surface area contributed by atoms with E-state index in [0.717, 1.165) is 24.6 Å². The molecule has 0 unspecified atom stereocenters. The van der Waals surface area contributed by atoms with Gasteiger partial charge in [-0.1, -0.05) is 25.1 Å². The number of carbonyl (C=O) groups excluding carboxylic acids is 1. The van der Waals surface area contributed by atoms with Crippen LogP contribution < -0.4 is 14.9 Å². The van der Waals surface area contributed by atoms with Crippen LogP contribution in [0.1, 0.15) is 35.7 Å². The molecular weight excluding hydrogens is 374 g/mol. The molecule has 28 heavy (non-hydrogen) atoms. The third-order valence-corrected chi connectivity index (χ3v) is 6.50. The number of benzene rings is 2. The highest BCUT2D eigenvalue weighted by atomic mass is 32.2. The number of carbonyl (C=O) groups is 1. The Labute approximate surface area is 167 Å². The molecular formula is C21H27N3O3S. The Hall–Kier alpha value is -2.38. The second kappa shape index (κ2) is 8.75. The van der Waals surface area contributed by atoms with Gasteiger partial charge in [0.2, 0.25) is 10.0 Å². The molecule has 3 rings (SSSR count). The van der Waals surface area contributed by atoms with Gasteiger partial charge in [-0.2, -0.15) is 0 Å². The van der Waals surface area contributed by atoms with E-state index in [2.05, 4.69) is 34.0 Å². The van der Waals surface area contributed by atoms with Gasteiger partial charge in [0.25, 0.3) is 5.91 Å². The zero-order valence-electron chi connectivity index (χ0n) is 16.3. The molecule has 0 aromatic heterocycles. The van der Waals surface area contributed by atoms with Gasteiger partial charge >= 0.3 is 0 Å². The third kappa shape index (κ3) is 4.91. The smallest absolute Gasteiger partial charge is 0.251 e. The Kier molecular flexibility index (Phi) is 6.36. The van der Waals surface area contributed by atoms with E-state index in [9.17, 15) is 13.2 Å². The van der Waals surface area contributed by atoms with Crippen LogP contribution in [0.25, 0.3) is 0 Å². The molecule has 1 saturated heterocycles. The molecule has 2 N–H and O–H groups in total. The van der Waals surface area contributed by atoms with Gasteiger partial charge in [-0.15, -0.1) is 0 Å². The average molecular weight is 402 g/mol. The lowest BCUT2D eigenvalue weighted by molar-refractivity contribution is 0.0950. The Bertz CT molecular complexity index is 926. The highest BCUT2D eigenvalue weighted by molar-refractivity contribution is 7.89. The molecule has 1 fully saturated rings. The van der Waals surface area contributed by atoms with Gasteiger partial charge in [0.15, 0.2) is 0 Å². The van der Waals surface area contributed by atoms with Crippen molar-refractivity contribution in [2.24, 2.45) is 5.92 Å². The Morgan fingerprint density at radius 1 is 1.18 bits per heavy atom. The molecule has 0 radical (unpaired) electrons. The van der Waals surface area contributed by atoms with E-state index in [1.54, 1.807) is 12.1 Å². The van der Waals surface area contributed by atoms with E-state index in [0.29, 0.717) is 12.1 Å². The summed E-state index contributed by atoms with van der Waals surface area (Å²) in [6.45, 7) is 4.85. The summed E-state index contributed by atoms with van der Waals surface area (Å²) < 4.78 is 26.0. The van der Waals surface area contributed by atoms with Gasteiger partial charge in [0, 0.05) is 30.9 Å². The highest BCUT2D eigenvalue weighted by Crippen LogP contribution is 2.23. The summed E-state index contributed by atoms with van der Waals surface area (Å²) in [5, 5.41) is 2.85. The topological polar surface area (TPSA) is 78.5 Å². The first kappa shape index (κ1) is 20.4.